The first-order valence-corrected chi connectivity index (χ1v) is 7.77. The van der Waals surface area contributed by atoms with E-state index in [2.05, 4.69) is 10.2 Å². The fourth-order valence-electron chi connectivity index (χ4n) is 1.73. The molecule has 0 fully saturated rings. The number of hydrogen-bond acceptors (Lipinski definition) is 5. The van der Waals surface area contributed by atoms with Crippen molar-refractivity contribution in [2.75, 3.05) is 0 Å². The van der Waals surface area contributed by atoms with Crippen molar-refractivity contribution in [2.24, 2.45) is 5.73 Å². The second-order valence-corrected chi connectivity index (χ2v) is 6.82. The van der Waals surface area contributed by atoms with Gasteiger partial charge in [0.1, 0.15) is 10.8 Å². The Balaban J connectivity index is 2.25. The maximum absolute atomic E-state index is 13.4. The lowest BCUT2D eigenvalue weighted by Gasteiger charge is -2.21. The van der Waals surface area contributed by atoms with Crippen LogP contribution in [0, 0.1) is 12.7 Å². The summed E-state index contributed by atoms with van der Waals surface area (Å²) in [5.74, 6) is -0.236. The van der Waals surface area contributed by atoms with E-state index >= 15 is 0 Å². The predicted octanol–water partition coefficient (Wildman–Crippen LogP) is 3.56. The monoisotopic (exact) mass is 297 g/mol. The molecule has 0 aliphatic heterocycles. The average molecular weight is 297 g/mol. The minimum atomic E-state index is -0.236. The highest BCUT2D eigenvalue weighted by Crippen LogP contribution is 2.39. The molecule has 2 rings (SSSR count). The van der Waals surface area contributed by atoms with Crippen molar-refractivity contribution < 1.29 is 4.39 Å². The highest BCUT2D eigenvalue weighted by molar-refractivity contribution is 8.01. The molecule has 1 aromatic carbocycles. The third kappa shape index (κ3) is 3.75. The van der Waals surface area contributed by atoms with Crippen LogP contribution in [-0.4, -0.2) is 16.2 Å². The number of thioether (sulfide) groups is 1. The summed E-state index contributed by atoms with van der Waals surface area (Å²) in [4.78, 5) is 0. The van der Waals surface area contributed by atoms with Crippen LogP contribution in [0.15, 0.2) is 28.6 Å². The lowest BCUT2D eigenvalue weighted by molar-refractivity contribution is 0.609. The van der Waals surface area contributed by atoms with Gasteiger partial charge in [-0.2, -0.15) is 0 Å². The van der Waals surface area contributed by atoms with Gasteiger partial charge in [0.05, 0.1) is 5.25 Å². The van der Waals surface area contributed by atoms with E-state index in [4.69, 9.17) is 5.73 Å². The number of aromatic nitrogens is 2. The zero-order chi connectivity index (χ0) is 13.8. The van der Waals surface area contributed by atoms with Crippen LogP contribution in [0.25, 0.3) is 0 Å². The smallest absolute Gasteiger partial charge is 0.174 e. The number of aryl methyl sites for hydroxylation is 1. The molecule has 2 N–H and O–H groups in total. The van der Waals surface area contributed by atoms with Crippen LogP contribution in [0.1, 0.15) is 29.2 Å². The van der Waals surface area contributed by atoms with Crippen LogP contribution < -0.4 is 5.73 Å². The molecule has 0 amide bonds. The van der Waals surface area contributed by atoms with Crippen LogP contribution >= 0.6 is 23.1 Å². The van der Waals surface area contributed by atoms with E-state index < -0.39 is 0 Å². The molecule has 0 aliphatic rings. The molecule has 19 heavy (non-hydrogen) atoms. The summed E-state index contributed by atoms with van der Waals surface area (Å²) in [7, 11) is 0. The Bertz CT molecular complexity index is 544. The summed E-state index contributed by atoms with van der Waals surface area (Å²) in [6, 6.07) is 6.56. The lowest BCUT2D eigenvalue weighted by Crippen LogP contribution is -2.25. The number of hydrogen-bond donors (Lipinski definition) is 1. The van der Waals surface area contributed by atoms with E-state index in [0.29, 0.717) is 0 Å². The molecular weight excluding hydrogens is 281 g/mol. The Kier molecular flexibility index (Phi) is 4.90. The Hall–Kier alpha value is -0.980. The molecule has 1 heterocycles. The first-order chi connectivity index (χ1) is 9.10. The minimum absolute atomic E-state index is 0.00644. The van der Waals surface area contributed by atoms with Gasteiger partial charge in [-0.25, -0.2) is 4.39 Å². The molecule has 0 saturated carbocycles. The Morgan fingerprint density at radius 3 is 2.79 bits per heavy atom. The standard InChI is InChI=1S/C13H16FN3S2/c1-3-11(15)12(9-5-4-6-10(14)7-9)19-13-17-16-8(2)18-13/h4-7,11-12H,3,15H2,1-2H3. The lowest BCUT2D eigenvalue weighted by atomic mass is 10.0. The Morgan fingerprint density at radius 1 is 1.42 bits per heavy atom. The number of nitrogens with two attached hydrogens (primary N) is 1. The topological polar surface area (TPSA) is 51.8 Å². The molecule has 6 heteroatoms. The molecule has 2 aromatic rings. The van der Waals surface area contributed by atoms with Crippen molar-refractivity contribution in [1.82, 2.24) is 10.2 Å². The number of nitrogens with zero attached hydrogens (tertiary/aromatic N) is 2. The highest BCUT2D eigenvalue weighted by Gasteiger charge is 2.22. The third-order valence-electron chi connectivity index (χ3n) is 2.77. The molecule has 0 bridgehead atoms. The molecule has 0 spiro atoms. The Morgan fingerprint density at radius 2 is 2.21 bits per heavy atom. The minimum Gasteiger partial charge on any atom is -0.326 e. The van der Waals surface area contributed by atoms with Gasteiger partial charge in [-0.3, -0.25) is 0 Å². The number of benzene rings is 1. The SMILES string of the molecule is CCC(N)C(Sc1nnc(C)s1)c1cccc(F)c1. The van der Waals surface area contributed by atoms with Crippen LogP contribution in [0.5, 0.6) is 0 Å². The van der Waals surface area contributed by atoms with Gasteiger partial charge in [0.25, 0.3) is 0 Å². The van der Waals surface area contributed by atoms with Gasteiger partial charge in [0, 0.05) is 6.04 Å². The highest BCUT2D eigenvalue weighted by atomic mass is 32.2. The van der Waals surface area contributed by atoms with Gasteiger partial charge in [-0.1, -0.05) is 42.2 Å². The maximum atomic E-state index is 13.4. The largest absolute Gasteiger partial charge is 0.326 e. The van der Waals surface area contributed by atoms with Crippen LogP contribution in [0.3, 0.4) is 0 Å². The second-order valence-electron chi connectivity index (χ2n) is 4.25. The predicted molar refractivity (Wildman–Crippen MR) is 77.9 cm³/mol. The summed E-state index contributed by atoms with van der Waals surface area (Å²) in [5.41, 5.74) is 7.06. The van der Waals surface area contributed by atoms with Gasteiger partial charge in [0.2, 0.25) is 0 Å². The van der Waals surface area contributed by atoms with E-state index in [9.17, 15) is 4.39 Å². The first-order valence-electron chi connectivity index (χ1n) is 6.08. The zero-order valence-electron chi connectivity index (χ0n) is 10.8. The van der Waals surface area contributed by atoms with Crippen LogP contribution in [-0.2, 0) is 0 Å². The fourth-order valence-corrected chi connectivity index (χ4v) is 3.97. The fraction of sp³-hybridized carbons (Fsp3) is 0.385. The van der Waals surface area contributed by atoms with Crippen molar-refractivity contribution >= 4 is 23.1 Å². The van der Waals surface area contributed by atoms with Gasteiger partial charge < -0.3 is 5.73 Å². The molecule has 0 radical (unpaired) electrons. The molecule has 0 saturated heterocycles. The summed E-state index contributed by atoms with van der Waals surface area (Å²) < 4.78 is 14.2. The van der Waals surface area contributed by atoms with Crippen molar-refractivity contribution in [1.29, 1.82) is 0 Å². The van der Waals surface area contributed by atoms with E-state index in [1.54, 1.807) is 23.9 Å². The molecule has 102 valence electrons. The summed E-state index contributed by atoms with van der Waals surface area (Å²) in [6.45, 7) is 3.95. The first kappa shape index (κ1) is 14.4. The number of halogens is 1. The maximum Gasteiger partial charge on any atom is 0.174 e. The van der Waals surface area contributed by atoms with Gasteiger partial charge in [0.15, 0.2) is 4.34 Å². The molecule has 2 atom stereocenters. The number of rotatable bonds is 5. The van der Waals surface area contributed by atoms with Crippen molar-refractivity contribution in [2.45, 2.75) is 35.9 Å². The van der Waals surface area contributed by atoms with E-state index in [0.717, 1.165) is 21.3 Å². The van der Waals surface area contributed by atoms with Crippen LogP contribution in [0.4, 0.5) is 4.39 Å². The molecule has 2 unspecified atom stereocenters. The third-order valence-corrected chi connectivity index (χ3v) is 5.10. The van der Waals surface area contributed by atoms with Gasteiger partial charge >= 0.3 is 0 Å². The zero-order valence-corrected chi connectivity index (χ0v) is 12.5. The van der Waals surface area contributed by atoms with E-state index in [1.165, 1.54) is 17.4 Å². The van der Waals surface area contributed by atoms with E-state index in [-0.39, 0.29) is 17.1 Å². The van der Waals surface area contributed by atoms with E-state index in [1.807, 2.05) is 19.9 Å². The second kappa shape index (κ2) is 6.45. The van der Waals surface area contributed by atoms with Crippen LogP contribution in [0.2, 0.25) is 0 Å². The van der Waals surface area contributed by atoms with Crippen molar-refractivity contribution in [3.05, 3.63) is 40.7 Å². The van der Waals surface area contributed by atoms with Crippen molar-refractivity contribution in [3.63, 3.8) is 0 Å². The molecule has 3 nitrogen and oxygen atoms in total. The van der Waals surface area contributed by atoms with Gasteiger partial charge in [-0.05, 0) is 31.0 Å². The quantitative estimate of drug-likeness (QED) is 0.857. The van der Waals surface area contributed by atoms with Gasteiger partial charge in [-0.15, -0.1) is 10.2 Å². The Labute approximate surface area is 120 Å². The summed E-state index contributed by atoms with van der Waals surface area (Å²) in [6.07, 6.45) is 0.825. The average Bonchev–Trinajstić information content (AvgIpc) is 2.80. The molecule has 1 aromatic heterocycles. The molecular formula is C13H16FN3S2. The molecule has 0 aliphatic carbocycles. The summed E-state index contributed by atoms with van der Waals surface area (Å²) >= 11 is 3.09. The normalized spacial score (nSPS) is 14.3. The summed E-state index contributed by atoms with van der Waals surface area (Å²) in [5, 5.41) is 9.02. The van der Waals surface area contributed by atoms with Crippen molar-refractivity contribution in [3.8, 4) is 0 Å².